The summed E-state index contributed by atoms with van der Waals surface area (Å²) in [6.07, 6.45) is 2.01. The maximum Gasteiger partial charge on any atom is 0.228 e. The van der Waals surface area contributed by atoms with Gasteiger partial charge in [-0.3, -0.25) is 0 Å². The van der Waals surface area contributed by atoms with Crippen LogP contribution in [0.15, 0.2) is 22.7 Å². The van der Waals surface area contributed by atoms with E-state index in [2.05, 4.69) is 29.3 Å². The van der Waals surface area contributed by atoms with Gasteiger partial charge in [0.05, 0.1) is 5.02 Å². The van der Waals surface area contributed by atoms with E-state index in [1.807, 2.05) is 0 Å². The molecular formula is C15H19ClFN3O. The van der Waals surface area contributed by atoms with Gasteiger partial charge < -0.3 is 9.84 Å². The van der Waals surface area contributed by atoms with Gasteiger partial charge in [0.15, 0.2) is 5.82 Å². The van der Waals surface area contributed by atoms with Gasteiger partial charge in [0.1, 0.15) is 5.82 Å². The van der Waals surface area contributed by atoms with Crippen LogP contribution in [0.2, 0.25) is 5.02 Å². The van der Waals surface area contributed by atoms with Crippen molar-refractivity contribution in [2.75, 3.05) is 6.54 Å². The molecule has 0 radical (unpaired) electrons. The van der Waals surface area contributed by atoms with Crippen molar-refractivity contribution in [3.05, 3.63) is 46.3 Å². The first-order chi connectivity index (χ1) is 10.1. The van der Waals surface area contributed by atoms with Crippen LogP contribution < -0.4 is 5.32 Å². The summed E-state index contributed by atoms with van der Waals surface area (Å²) >= 11 is 5.76. The summed E-state index contributed by atoms with van der Waals surface area (Å²) in [5.41, 5.74) is 0.465. The van der Waals surface area contributed by atoms with Crippen LogP contribution in [0.1, 0.15) is 37.5 Å². The Morgan fingerprint density at radius 1 is 1.43 bits per heavy atom. The molecule has 6 heteroatoms. The van der Waals surface area contributed by atoms with Gasteiger partial charge in [-0.1, -0.05) is 35.8 Å². The van der Waals surface area contributed by atoms with Gasteiger partial charge in [-0.15, -0.1) is 0 Å². The third kappa shape index (κ3) is 4.51. The Morgan fingerprint density at radius 3 is 3.00 bits per heavy atom. The molecule has 0 aliphatic rings. The van der Waals surface area contributed by atoms with Crippen molar-refractivity contribution in [1.82, 2.24) is 15.5 Å². The van der Waals surface area contributed by atoms with Gasteiger partial charge in [0.2, 0.25) is 5.89 Å². The van der Waals surface area contributed by atoms with Gasteiger partial charge in [-0.2, -0.15) is 4.98 Å². The molecule has 0 saturated carbocycles. The Hall–Kier alpha value is -1.46. The molecule has 1 N–H and O–H groups in total. The Balaban J connectivity index is 1.98. The molecular weight excluding hydrogens is 293 g/mol. The minimum absolute atomic E-state index is 0.105. The first-order valence-electron chi connectivity index (χ1n) is 7.08. The molecule has 0 aliphatic heterocycles. The van der Waals surface area contributed by atoms with E-state index in [0.717, 1.165) is 13.0 Å². The molecule has 1 atom stereocenters. The molecule has 0 saturated heterocycles. The van der Waals surface area contributed by atoms with Crippen molar-refractivity contribution in [3.8, 4) is 0 Å². The second-order valence-electron chi connectivity index (χ2n) is 5.05. The summed E-state index contributed by atoms with van der Waals surface area (Å²) in [4.78, 5) is 4.30. The molecule has 2 rings (SSSR count). The van der Waals surface area contributed by atoms with Crippen LogP contribution in [0.4, 0.5) is 4.39 Å². The Bertz CT molecular complexity index is 588. The topological polar surface area (TPSA) is 51.0 Å². The minimum atomic E-state index is -0.427. The fourth-order valence-electron chi connectivity index (χ4n) is 2.03. The van der Waals surface area contributed by atoms with Crippen LogP contribution in [0, 0.1) is 5.82 Å². The summed E-state index contributed by atoms with van der Waals surface area (Å²) < 4.78 is 19.0. The van der Waals surface area contributed by atoms with Crippen LogP contribution in [0.25, 0.3) is 0 Å². The van der Waals surface area contributed by atoms with Crippen molar-refractivity contribution < 1.29 is 8.91 Å². The van der Waals surface area contributed by atoms with E-state index < -0.39 is 5.82 Å². The average Bonchev–Trinajstić information content (AvgIpc) is 2.89. The smallest absolute Gasteiger partial charge is 0.228 e. The molecule has 1 unspecified atom stereocenters. The summed E-state index contributed by atoms with van der Waals surface area (Å²) in [5.74, 6) is 0.598. The Morgan fingerprint density at radius 2 is 2.24 bits per heavy atom. The number of rotatable bonds is 7. The van der Waals surface area contributed by atoms with Crippen LogP contribution in [0.5, 0.6) is 0 Å². The van der Waals surface area contributed by atoms with E-state index in [0.29, 0.717) is 23.7 Å². The lowest BCUT2D eigenvalue weighted by Crippen LogP contribution is -2.28. The largest absolute Gasteiger partial charge is 0.339 e. The monoisotopic (exact) mass is 311 g/mol. The molecule has 4 nitrogen and oxygen atoms in total. The Kier molecular flexibility index (Phi) is 5.70. The van der Waals surface area contributed by atoms with Gasteiger partial charge >= 0.3 is 0 Å². The average molecular weight is 312 g/mol. The SMILES string of the molecule is CCCNC(C)Cc1nc(Cc2cccc(Cl)c2F)no1. The van der Waals surface area contributed by atoms with E-state index in [9.17, 15) is 4.39 Å². The summed E-state index contributed by atoms with van der Waals surface area (Å²) in [6, 6.07) is 5.16. The molecule has 0 aliphatic carbocycles. The van der Waals surface area contributed by atoms with Gasteiger partial charge in [0.25, 0.3) is 0 Å². The molecule has 1 aromatic heterocycles. The zero-order chi connectivity index (χ0) is 15.2. The number of hydrogen-bond acceptors (Lipinski definition) is 4. The Labute approximate surface area is 128 Å². The van der Waals surface area contributed by atoms with Crippen LogP contribution in [-0.4, -0.2) is 22.7 Å². The molecule has 0 fully saturated rings. The van der Waals surface area contributed by atoms with Gasteiger partial charge in [0, 0.05) is 18.9 Å². The molecule has 21 heavy (non-hydrogen) atoms. The summed E-state index contributed by atoms with van der Waals surface area (Å²) in [7, 11) is 0. The first-order valence-corrected chi connectivity index (χ1v) is 7.45. The molecule has 0 amide bonds. The molecule has 2 aromatic rings. The quantitative estimate of drug-likeness (QED) is 0.851. The van der Waals surface area contributed by atoms with Crippen LogP contribution >= 0.6 is 11.6 Å². The predicted molar refractivity (Wildman–Crippen MR) is 80.0 cm³/mol. The fraction of sp³-hybridized carbons (Fsp3) is 0.467. The standard InChI is InChI=1S/C15H19ClFN3O/c1-3-7-18-10(2)8-14-19-13(20-21-14)9-11-5-4-6-12(16)15(11)17/h4-6,10,18H,3,7-9H2,1-2H3. The van der Waals surface area contributed by atoms with Crippen molar-refractivity contribution in [1.29, 1.82) is 0 Å². The molecule has 0 spiro atoms. The zero-order valence-corrected chi connectivity index (χ0v) is 13.0. The molecule has 114 valence electrons. The number of nitrogens with zero attached hydrogens (tertiary/aromatic N) is 2. The van der Waals surface area contributed by atoms with E-state index in [-0.39, 0.29) is 17.5 Å². The van der Waals surface area contributed by atoms with Crippen molar-refractivity contribution >= 4 is 11.6 Å². The molecule has 1 heterocycles. The lowest BCUT2D eigenvalue weighted by atomic mass is 10.1. The number of aromatic nitrogens is 2. The zero-order valence-electron chi connectivity index (χ0n) is 12.2. The maximum absolute atomic E-state index is 13.8. The molecule has 0 bridgehead atoms. The highest BCUT2D eigenvalue weighted by molar-refractivity contribution is 6.30. The van der Waals surface area contributed by atoms with E-state index in [4.69, 9.17) is 16.1 Å². The van der Waals surface area contributed by atoms with E-state index in [1.54, 1.807) is 12.1 Å². The van der Waals surface area contributed by atoms with E-state index in [1.165, 1.54) is 6.07 Å². The van der Waals surface area contributed by atoms with Gasteiger partial charge in [-0.05, 0) is 31.5 Å². The lowest BCUT2D eigenvalue weighted by Gasteiger charge is -2.09. The summed E-state index contributed by atoms with van der Waals surface area (Å²) in [6.45, 7) is 5.14. The minimum Gasteiger partial charge on any atom is -0.339 e. The van der Waals surface area contributed by atoms with Crippen LogP contribution in [0.3, 0.4) is 0 Å². The third-order valence-electron chi connectivity index (χ3n) is 3.11. The fourth-order valence-corrected chi connectivity index (χ4v) is 2.22. The van der Waals surface area contributed by atoms with Crippen molar-refractivity contribution in [3.63, 3.8) is 0 Å². The number of benzene rings is 1. The van der Waals surface area contributed by atoms with E-state index >= 15 is 0 Å². The highest BCUT2D eigenvalue weighted by Crippen LogP contribution is 2.19. The first kappa shape index (κ1) is 15.9. The second kappa shape index (κ2) is 7.52. The molecule has 1 aromatic carbocycles. The van der Waals surface area contributed by atoms with Gasteiger partial charge in [-0.25, -0.2) is 4.39 Å². The highest BCUT2D eigenvalue weighted by atomic mass is 35.5. The van der Waals surface area contributed by atoms with Crippen molar-refractivity contribution in [2.45, 2.75) is 39.2 Å². The number of nitrogens with one attached hydrogen (secondary N) is 1. The van der Waals surface area contributed by atoms with Crippen molar-refractivity contribution in [2.24, 2.45) is 0 Å². The maximum atomic E-state index is 13.8. The number of halogens is 2. The predicted octanol–water partition coefficient (Wildman–Crippen LogP) is 3.38. The second-order valence-corrected chi connectivity index (χ2v) is 5.46. The number of hydrogen-bond donors (Lipinski definition) is 1. The summed E-state index contributed by atoms with van der Waals surface area (Å²) in [5, 5.41) is 7.35. The normalized spacial score (nSPS) is 12.6. The van der Waals surface area contributed by atoms with Crippen LogP contribution in [-0.2, 0) is 12.8 Å². The third-order valence-corrected chi connectivity index (χ3v) is 3.41. The highest BCUT2D eigenvalue weighted by Gasteiger charge is 2.13. The lowest BCUT2D eigenvalue weighted by molar-refractivity contribution is 0.358.